The Bertz CT molecular complexity index is 930. The summed E-state index contributed by atoms with van der Waals surface area (Å²) in [7, 11) is 1.54. The lowest BCUT2D eigenvalue weighted by Gasteiger charge is -2.11. The van der Waals surface area contributed by atoms with Crippen molar-refractivity contribution in [2.75, 3.05) is 7.11 Å². The number of aryl methyl sites for hydroxylation is 1. The molecule has 3 aromatic rings. The molecule has 0 aromatic heterocycles. The highest BCUT2D eigenvalue weighted by atomic mass is 19.2. The van der Waals surface area contributed by atoms with Gasteiger partial charge < -0.3 is 4.74 Å². The molecule has 0 atom stereocenters. The summed E-state index contributed by atoms with van der Waals surface area (Å²) in [6.07, 6.45) is 2.48. The number of hydrogen-bond donors (Lipinski definition) is 0. The van der Waals surface area contributed by atoms with Crippen LogP contribution in [0, 0.1) is 17.5 Å². The van der Waals surface area contributed by atoms with Crippen molar-refractivity contribution < 1.29 is 17.9 Å². The van der Waals surface area contributed by atoms with Crippen molar-refractivity contribution in [3.63, 3.8) is 0 Å². The highest BCUT2D eigenvalue weighted by Gasteiger charge is 2.19. The summed E-state index contributed by atoms with van der Waals surface area (Å²) in [4.78, 5) is 0. The Morgan fingerprint density at radius 2 is 1.68 bits per heavy atom. The molecule has 1 nitrogen and oxygen atoms in total. The highest BCUT2D eigenvalue weighted by molar-refractivity contribution is 5.89. The Morgan fingerprint density at radius 1 is 0.960 bits per heavy atom. The quantitative estimate of drug-likeness (QED) is 0.513. The van der Waals surface area contributed by atoms with Crippen LogP contribution in [0.4, 0.5) is 13.2 Å². The lowest BCUT2D eigenvalue weighted by molar-refractivity contribution is 0.415. The summed E-state index contributed by atoms with van der Waals surface area (Å²) >= 11 is 0. The van der Waals surface area contributed by atoms with Crippen LogP contribution in [0.15, 0.2) is 55.1 Å². The molecule has 0 fully saturated rings. The lowest BCUT2D eigenvalue weighted by Crippen LogP contribution is -1.99. The van der Waals surface area contributed by atoms with Gasteiger partial charge in [0.15, 0.2) is 11.6 Å². The van der Waals surface area contributed by atoms with Gasteiger partial charge in [-0.15, -0.1) is 6.58 Å². The monoisotopic (exact) mass is 342 g/mol. The van der Waals surface area contributed by atoms with Crippen molar-refractivity contribution in [2.45, 2.75) is 12.8 Å². The minimum absolute atomic E-state index is 0.215. The molecule has 0 saturated heterocycles. The van der Waals surface area contributed by atoms with E-state index in [2.05, 4.69) is 6.58 Å². The number of halogens is 3. The summed E-state index contributed by atoms with van der Waals surface area (Å²) in [5.41, 5.74) is 1.00. The molecule has 0 saturated carbocycles. The Balaban J connectivity index is 2.16. The van der Waals surface area contributed by atoms with E-state index in [4.69, 9.17) is 4.74 Å². The normalized spacial score (nSPS) is 10.9. The fraction of sp³-hybridized carbons (Fsp3) is 0.143. The summed E-state index contributed by atoms with van der Waals surface area (Å²) in [6, 6.07) is 11.4. The Hall–Kier alpha value is -2.75. The lowest BCUT2D eigenvalue weighted by atomic mass is 9.97. The van der Waals surface area contributed by atoms with Crippen molar-refractivity contribution in [2.24, 2.45) is 0 Å². The van der Waals surface area contributed by atoms with E-state index in [1.165, 1.54) is 13.2 Å². The van der Waals surface area contributed by atoms with Gasteiger partial charge in [0.25, 0.3) is 0 Å². The first kappa shape index (κ1) is 17.1. The average molecular weight is 342 g/mol. The predicted molar refractivity (Wildman–Crippen MR) is 94.3 cm³/mol. The minimum atomic E-state index is -1.15. The van der Waals surface area contributed by atoms with Gasteiger partial charge in [0, 0.05) is 5.56 Å². The number of hydrogen-bond acceptors (Lipinski definition) is 1. The van der Waals surface area contributed by atoms with Gasteiger partial charge in [-0.1, -0.05) is 30.3 Å². The minimum Gasteiger partial charge on any atom is -0.497 e. The molecule has 0 unspecified atom stereocenters. The van der Waals surface area contributed by atoms with E-state index in [-0.39, 0.29) is 16.5 Å². The second kappa shape index (κ2) is 7.01. The number of methoxy groups -OCH3 is 1. The Labute approximate surface area is 144 Å². The molecular formula is C21H17F3O. The van der Waals surface area contributed by atoms with E-state index in [1.54, 1.807) is 42.5 Å². The van der Waals surface area contributed by atoms with Crippen LogP contribution in [0.1, 0.15) is 12.0 Å². The van der Waals surface area contributed by atoms with Crippen molar-refractivity contribution in [3.05, 3.63) is 78.1 Å². The molecule has 0 heterocycles. The number of ether oxygens (including phenoxy) is 1. The van der Waals surface area contributed by atoms with E-state index in [0.29, 0.717) is 29.5 Å². The van der Waals surface area contributed by atoms with Crippen molar-refractivity contribution >= 4 is 10.8 Å². The number of benzene rings is 3. The van der Waals surface area contributed by atoms with E-state index in [9.17, 15) is 13.2 Å². The van der Waals surface area contributed by atoms with E-state index in [0.717, 1.165) is 0 Å². The molecule has 0 amide bonds. The van der Waals surface area contributed by atoms with E-state index >= 15 is 0 Å². The second-order valence-electron chi connectivity index (χ2n) is 5.74. The van der Waals surface area contributed by atoms with Gasteiger partial charge in [-0.3, -0.25) is 0 Å². The fourth-order valence-corrected chi connectivity index (χ4v) is 2.87. The Morgan fingerprint density at radius 3 is 2.32 bits per heavy atom. The van der Waals surface area contributed by atoms with Gasteiger partial charge in [-0.2, -0.15) is 0 Å². The van der Waals surface area contributed by atoms with Crippen LogP contribution < -0.4 is 4.74 Å². The molecule has 0 aliphatic rings. The number of rotatable bonds is 5. The molecular weight excluding hydrogens is 325 g/mol. The largest absolute Gasteiger partial charge is 0.497 e. The van der Waals surface area contributed by atoms with Crippen LogP contribution in [0.2, 0.25) is 0 Å². The van der Waals surface area contributed by atoms with Gasteiger partial charge in [0.2, 0.25) is 0 Å². The SMILES string of the molecule is C=CCCc1cc2ccc(-c3ccc(OC)cc3)c(F)c2c(F)c1F. The molecule has 4 heteroatoms. The maximum absolute atomic E-state index is 14.9. The summed E-state index contributed by atoms with van der Waals surface area (Å²) < 4.78 is 48.8. The van der Waals surface area contributed by atoms with Crippen LogP contribution in [-0.4, -0.2) is 7.11 Å². The Kier molecular flexibility index (Phi) is 4.79. The van der Waals surface area contributed by atoms with Crippen molar-refractivity contribution in [3.8, 4) is 16.9 Å². The van der Waals surface area contributed by atoms with Gasteiger partial charge in [-0.25, -0.2) is 13.2 Å². The molecule has 0 aliphatic heterocycles. The molecule has 0 aliphatic carbocycles. The van der Waals surface area contributed by atoms with Gasteiger partial charge in [0.05, 0.1) is 12.5 Å². The molecule has 128 valence electrons. The third-order valence-corrected chi connectivity index (χ3v) is 4.22. The van der Waals surface area contributed by atoms with Crippen LogP contribution in [0.25, 0.3) is 21.9 Å². The average Bonchev–Trinajstić information content (AvgIpc) is 2.63. The number of allylic oxidation sites excluding steroid dienone is 1. The van der Waals surface area contributed by atoms with E-state index < -0.39 is 17.5 Å². The molecule has 3 aromatic carbocycles. The van der Waals surface area contributed by atoms with Crippen LogP contribution in [0.3, 0.4) is 0 Å². The molecule has 0 N–H and O–H groups in total. The first-order valence-electron chi connectivity index (χ1n) is 7.91. The zero-order valence-electron chi connectivity index (χ0n) is 13.8. The van der Waals surface area contributed by atoms with Gasteiger partial charge in [-0.05, 0) is 47.6 Å². The molecule has 0 radical (unpaired) electrons. The highest BCUT2D eigenvalue weighted by Crippen LogP contribution is 2.33. The first-order valence-corrected chi connectivity index (χ1v) is 7.91. The molecule has 0 spiro atoms. The zero-order valence-corrected chi connectivity index (χ0v) is 13.8. The van der Waals surface area contributed by atoms with Gasteiger partial charge in [0.1, 0.15) is 11.6 Å². The van der Waals surface area contributed by atoms with Crippen molar-refractivity contribution in [1.82, 2.24) is 0 Å². The second-order valence-corrected chi connectivity index (χ2v) is 5.74. The predicted octanol–water partition coefficient (Wildman–Crippen LogP) is 6.05. The van der Waals surface area contributed by atoms with Gasteiger partial charge >= 0.3 is 0 Å². The zero-order chi connectivity index (χ0) is 18.0. The van der Waals surface area contributed by atoms with Crippen LogP contribution >= 0.6 is 0 Å². The van der Waals surface area contributed by atoms with Crippen molar-refractivity contribution in [1.29, 1.82) is 0 Å². The molecule has 25 heavy (non-hydrogen) atoms. The maximum atomic E-state index is 14.9. The van der Waals surface area contributed by atoms with Crippen LogP contribution in [-0.2, 0) is 6.42 Å². The molecule has 0 bridgehead atoms. The standard InChI is InChI=1S/C21H17F3O/c1-3-4-5-15-12-14-8-11-17(13-6-9-16(25-2)10-7-13)20(23)18(14)21(24)19(15)22/h3,6-12H,1,4-5H2,2H3. The van der Waals surface area contributed by atoms with Crippen LogP contribution in [0.5, 0.6) is 5.75 Å². The summed E-state index contributed by atoms with van der Waals surface area (Å²) in [5.74, 6) is -2.28. The number of fused-ring (bicyclic) bond motifs is 1. The summed E-state index contributed by atoms with van der Waals surface area (Å²) in [5, 5.41) is 0.0147. The van der Waals surface area contributed by atoms with E-state index in [1.807, 2.05) is 0 Å². The molecule has 3 rings (SSSR count). The first-order chi connectivity index (χ1) is 12.1. The summed E-state index contributed by atoms with van der Waals surface area (Å²) in [6.45, 7) is 3.58. The third kappa shape index (κ3) is 3.12. The third-order valence-electron chi connectivity index (χ3n) is 4.22. The fourth-order valence-electron chi connectivity index (χ4n) is 2.87. The maximum Gasteiger partial charge on any atom is 0.169 e. The topological polar surface area (TPSA) is 9.23 Å². The smallest absolute Gasteiger partial charge is 0.169 e.